The number of nitriles is 1. The van der Waals surface area contributed by atoms with E-state index in [2.05, 4.69) is 16.0 Å². The molecular formula is C20H22N4O. The second-order valence-corrected chi connectivity index (χ2v) is 6.76. The van der Waals surface area contributed by atoms with Gasteiger partial charge < -0.3 is 10.6 Å². The zero-order chi connectivity index (χ0) is 18.0. The van der Waals surface area contributed by atoms with Crippen molar-refractivity contribution in [2.45, 2.75) is 26.7 Å². The SMILES string of the molecule is Cc1cc(C)c(C#N)c(N2CC[C@H](Cc3cccc(C(N)=O)c3)C2)n1. The quantitative estimate of drug-likeness (QED) is 0.932. The summed E-state index contributed by atoms with van der Waals surface area (Å²) in [5.41, 5.74) is 9.61. The minimum absolute atomic E-state index is 0.395. The van der Waals surface area contributed by atoms with Gasteiger partial charge in [-0.1, -0.05) is 12.1 Å². The predicted molar refractivity (Wildman–Crippen MR) is 97.4 cm³/mol. The van der Waals surface area contributed by atoms with E-state index in [9.17, 15) is 10.1 Å². The Hall–Kier alpha value is -2.87. The first-order chi connectivity index (χ1) is 12.0. The van der Waals surface area contributed by atoms with Crippen LogP contribution in [0.15, 0.2) is 30.3 Å². The number of pyridine rings is 1. The lowest BCUT2D eigenvalue weighted by Crippen LogP contribution is -2.23. The van der Waals surface area contributed by atoms with Crippen molar-refractivity contribution >= 4 is 11.7 Å². The molecule has 1 saturated heterocycles. The Balaban J connectivity index is 1.76. The number of aryl methyl sites for hydroxylation is 2. The lowest BCUT2D eigenvalue weighted by molar-refractivity contribution is 0.1000. The number of hydrogen-bond acceptors (Lipinski definition) is 4. The van der Waals surface area contributed by atoms with Crippen LogP contribution in [0.2, 0.25) is 0 Å². The van der Waals surface area contributed by atoms with Crippen LogP contribution >= 0.6 is 0 Å². The Bertz CT molecular complexity index is 853. The number of primary amides is 1. The maximum absolute atomic E-state index is 11.3. The van der Waals surface area contributed by atoms with E-state index in [1.54, 1.807) is 6.07 Å². The fraction of sp³-hybridized carbons (Fsp3) is 0.350. The van der Waals surface area contributed by atoms with Crippen LogP contribution in [0.3, 0.4) is 0 Å². The second-order valence-electron chi connectivity index (χ2n) is 6.76. The second kappa shape index (κ2) is 6.94. The zero-order valence-electron chi connectivity index (χ0n) is 14.6. The average molecular weight is 334 g/mol. The molecule has 2 N–H and O–H groups in total. The van der Waals surface area contributed by atoms with Crippen molar-refractivity contribution in [3.63, 3.8) is 0 Å². The molecule has 0 saturated carbocycles. The summed E-state index contributed by atoms with van der Waals surface area (Å²) in [4.78, 5) is 18.2. The highest BCUT2D eigenvalue weighted by Crippen LogP contribution is 2.29. The summed E-state index contributed by atoms with van der Waals surface area (Å²) in [6.07, 6.45) is 1.94. The van der Waals surface area contributed by atoms with Crippen molar-refractivity contribution in [1.82, 2.24) is 4.98 Å². The number of nitrogens with zero attached hydrogens (tertiary/aromatic N) is 3. The Morgan fingerprint density at radius 3 is 2.92 bits per heavy atom. The summed E-state index contributed by atoms with van der Waals surface area (Å²) < 4.78 is 0. The molecular weight excluding hydrogens is 312 g/mol. The van der Waals surface area contributed by atoms with E-state index in [1.807, 2.05) is 38.1 Å². The monoisotopic (exact) mass is 334 g/mol. The van der Waals surface area contributed by atoms with E-state index >= 15 is 0 Å². The Kier molecular flexibility index (Phi) is 4.71. The number of hydrogen-bond donors (Lipinski definition) is 1. The molecule has 128 valence electrons. The van der Waals surface area contributed by atoms with Crippen LogP contribution in [0.1, 0.15) is 39.2 Å². The molecule has 2 heterocycles. The molecule has 3 rings (SSSR count). The van der Waals surface area contributed by atoms with Gasteiger partial charge in [0.25, 0.3) is 0 Å². The maximum atomic E-state index is 11.3. The van der Waals surface area contributed by atoms with Crippen LogP contribution in [-0.4, -0.2) is 24.0 Å². The van der Waals surface area contributed by atoms with Crippen molar-refractivity contribution in [2.24, 2.45) is 11.7 Å². The van der Waals surface area contributed by atoms with Crippen LogP contribution in [0.25, 0.3) is 0 Å². The molecule has 0 spiro atoms. The van der Waals surface area contributed by atoms with Gasteiger partial charge >= 0.3 is 0 Å². The molecule has 2 aromatic rings. The van der Waals surface area contributed by atoms with Crippen molar-refractivity contribution in [3.8, 4) is 6.07 Å². The first kappa shape index (κ1) is 17.0. The summed E-state index contributed by atoms with van der Waals surface area (Å²) in [6, 6.07) is 11.8. The third-order valence-corrected chi connectivity index (χ3v) is 4.76. The molecule has 1 amide bonds. The van der Waals surface area contributed by atoms with E-state index in [0.717, 1.165) is 48.6 Å². The minimum atomic E-state index is -0.395. The molecule has 1 aromatic carbocycles. The third-order valence-electron chi connectivity index (χ3n) is 4.76. The van der Waals surface area contributed by atoms with Gasteiger partial charge in [-0.2, -0.15) is 5.26 Å². The van der Waals surface area contributed by atoms with Crippen LogP contribution < -0.4 is 10.6 Å². The Labute approximate surface area is 148 Å². The summed E-state index contributed by atoms with van der Waals surface area (Å²) in [5, 5.41) is 9.47. The number of rotatable bonds is 4. The fourth-order valence-corrected chi connectivity index (χ4v) is 3.56. The number of anilines is 1. The van der Waals surface area contributed by atoms with E-state index in [-0.39, 0.29) is 0 Å². The number of nitrogens with two attached hydrogens (primary N) is 1. The number of benzene rings is 1. The molecule has 0 unspecified atom stereocenters. The minimum Gasteiger partial charge on any atom is -0.366 e. The molecule has 0 aliphatic carbocycles. The summed E-state index contributed by atoms with van der Waals surface area (Å²) in [6.45, 7) is 5.68. The first-order valence-electron chi connectivity index (χ1n) is 8.50. The highest BCUT2D eigenvalue weighted by atomic mass is 16.1. The highest BCUT2D eigenvalue weighted by molar-refractivity contribution is 5.92. The van der Waals surface area contributed by atoms with Crippen LogP contribution in [0.5, 0.6) is 0 Å². The molecule has 25 heavy (non-hydrogen) atoms. The zero-order valence-corrected chi connectivity index (χ0v) is 14.6. The number of carbonyl (C=O) groups excluding carboxylic acids is 1. The van der Waals surface area contributed by atoms with Crippen molar-refractivity contribution < 1.29 is 4.79 Å². The lowest BCUT2D eigenvalue weighted by atomic mass is 9.97. The van der Waals surface area contributed by atoms with Gasteiger partial charge in [0.05, 0.1) is 5.56 Å². The van der Waals surface area contributed by atoms with E-state index in [4.69, 9.17) is 5.73 Å². The van der Waals surface area contributed by atoms with Crippen molar-refractivity contribution in [2.75, 3.05) is 18.0 Å². The van der Waals surface area contributed by atoms with Crippen molar-refractivity contribution in [3.05, 3.63) is 58.3 Å². The largest absolute Gasteiger partial charge is 0.366 e. The highest BCUT2D eigenvalue weighted by Gasteiger charge is 2.26. The lowest BCUT2D eigenvalue weighted by Gasteiger charge is -2.20. The molecule has 1 aliphatic heterocycles. The first-order valence-corrected chi connectivity index (χ1v) is 8.50. The molecule has 0 radical (unpaired) electrons. The summed E-state index contributed by atoms with van der Waals surface area (Å²) >= 11 is 0. The van der Waals surface area contributed by atoms with Gasteiger partial charge in [-0.05, 0) is 61.9 Å². The number of amides is 1. The fourth-order valence-electron chi connectivity index (χ4n) is 3.56. The van der Waals surface area contributed by atoms with Crippen LogP contribution in [0, 0.1) is 31.1 Å². The molecule has 0 bridgehead atoms. The van der Waals surface area contributed by atoms with E-state index in [0.29, 0.717) is 17.0 Å². The predicted octanol–water partition coefficient (Wildman–Crippen LogP) is 2.74. The number of aromatic nitrogens is 1. The molecule has 1 aliphatic rings. The molecule has 1 aromatic heterocycles. The van der Waals surface area contributed by atoms with Gasteiger partial charge in [0.2, 0.25) is 5.91 Å². The van der Waals surface area contributed by atoms with E-state index in [1.165, 1.54) is 0 Å². The maximum Gasteiger partial charge on any atom is 0.248 e. The average Bonchev–Trinajstić information content (AvgIpc) is 3.02. The Morgan fingerprint density at radius 2 is 2.20 bits per heavy atom. The van der Waals surface area contributed by atoms with Crippen molar-refractivity contribution in [1.29, 1.82) is 5.26 Å². The number of carbonyl (C=O) groups is 1. The van der Waals surface area contributed by atoms with Gasteiger partial charge in [-0.25, -0.2) is 4.98 Å². The van der Waals surface area contributed by atoms with Gasteiger partial charge in [0.15, 0.2) is 0 Å². The normalized spacial score (nSPS) is 16.7. The molecule has 1 fully saturated rings. The summed E-state index contributed by atoms with van der Waals surface area (Å²) in [7, 11) is 0. The van der Waals surface area contributed by atoms with Crippen LogP contribution in [0.4, 0.5) is 5.82 Å². The van der Waals surface area contributed by atoms with Crippen LogP contribution in [-0.2, 0) is 6.42 Å². The van der Waals surface area contributed by atoms with E-state index < -0.39 is 5.91 Å². The Morgan fingerprint density at radius 1 is 1.40 bits per heavy atom. The summed E-state index contributed by atoms with van der Waals surface area (Å²) in [5.74, 6) is 0.874. The molecule has 5 heteroatoms. The molecule has 1 atom stereocenters. The van der Waals surface area contributed by atoms with Gasteiger partial charge in [-0.3, -0.25) is 4.79 Å². The smallest absolute Gasteiger partial charge is 0.248 e. The topological polar surface area (TPSA) is 83.0 Å². The van der Waals surface area contributed by atoms with Gasteiger partial charge in [0.1, 0.15) is 11.9 Å². The third kappa shape index (κ3) is 3.63. The van der Waals surface area contributed by atoms with Gasteiger partial charge in [0, 0.05) is 24.3 Å². The molecule has 5 nitrogen and oxygen atoms in total. The standard InChI is InChI=1S/C20H22N4O/c1-13-8-14(2)23-20(18(13)11-21)24-7-6-16(12-24)9-15-4-3-5-17(10-15)19(22)25/h3-5,8,10,16H,6-7,9,12H2,1-2H3,(H2,22,25)/t16-/m1/s1. The van der Waals surface area contributed by atoms with Gasteiger partial charge in [-0.15, -0.1) is 0 Å².